The third kappa shape index (κ3) is 8.18. The van der Waals surface area contributed by atoms with E-state index in [0.29, 0.717) is 18.5 Å². The maximum atomic E-state index is 13.6. The molecule has 0 bridgehead atoms. The van der Waals surface area contributed by atoms with Gasteiger partial charge in [-0.2, -0.15) is 0 Å². The number of likely N-dealkylation sites (N-methyl/N-ethyl adjacent to an activating group) is 1. The van der Waals surface area contributed by atoms with E-state index in [1.165, 1.54) is 4.31 Å². The Hall–Kier alpha value is -3.65. The molecule has 3 aromatic carbocycles. The smallest absolute Gasteiger partial charge is 0.242 e. The van der Waals surface area contributed by atoms with Crippen LogP contribution in [0.15, 0.2) is 84.9 Å². The van der Waals surface area contributed by atoms with E-state index in [1.807, 2.05) is 67.6 Å². The number of nitrogens with one attached hydrogen (secondary N) is 1. The predicted molar refractivity (Wildman–Crippen MR) is 148 cm³/mol. The summed E-state index contributed by atoms with van der Waals surface area (Å²) in [6, 6.07) is 25.6. The molecule has 196 valence electrons. The van der Waals surface area contributed by atoms with E-state index in [0.717, 1.165) is 22.9 Å². The molecule has 0 spiro atoms. The van der Waals surface area contributed by atoms with Crippen LogP contribution in [0, 0.1) is 6.92 Å². The second kappa shape index (κ2) is 13.1. The summed E-state index contributed by atoms with van der Waals surface area (Å²) >= 11 is 0. The summed E-state index contributed by atoms with van der Waals surface area (Å²) in [6.07, 6.45) is 1.95. The van der Waals surface area contributed by atoms with Crippen molar-refractivity contribution in [2.75, 3.05) is 24.2 Å². The lowest BCUT2D eigenvalue weighted by Gasteiger charge is -2.31. The van der Waals surface area contributed by atoms with Gasteiger partial charge in [-0.15, -0.1) is 0 Å². The van der Waals surface area contributed by atoms with Gasteiger partial charge in [0.25, 0.3) is 0 Å². The number of rotatable bonds is 12. The van der Waals surface area contributed by atoms with Gasteiger partial charge in [0.2, 0.25) is 21.8 Å². The molecule has 0 heterocycles. The SMILES string of the molecule is CNC(=O)[C@H](Cc1ccccc1)N(Cc1cccc(C)c1)C(=O)CCCN(c1ccccc1)S(C)(=O)=O. The van der Waals surface area contributed by atoms with Crippen LogP contribution >= 0.6 is 0 Å². The molecule has 0 aliphatic rings. The zero-order valence-electron chi connectivity index (χ0n) is 21.6. The van der Waals surface area contributed by atoms with Gasteiger partial charge in [-0.05, 0) is 36.6 Å². The average molecular weight is 522 g/mol. The van der Waals surface area contributed by atoms with Crippen LogP contribution in [0.3, 0.4) is 0 Å². The minimum absolute atomic E-state index is 0.104. The molecule has 1 N–H and O–H groups in total. The van der Waals surface area contributed by atoms with Crippen LogP contribution in [0.1, 0.15) is 29.5 Å². The molecular formula is C29H35N3O4S. The number of para-hydroxylation sites is 1. The summed E-state index contributed by atoms with van der Waals surface area (Å²) in [5, 5.41) is 2.71. The lowest BCUT2D eigenvalue weighted by atomic mass is 10.0. The summed E-state index contributed by atoms with van der Waals surface area (Å²) in [5.74, 6) is -0.445. The third-order valence-corrected chi connectivity index (χ3v) is 7.34. The topological polar surface area (TPSA) is 86.8 Å². The monoisotopic (exact) mass is 521 g/mol. The number of hydrogen-bond donors (Lipinski definition) is 1. The van der Waals surface area contributed by atoms with Gasteiger partial charge in [-0.3, -0.25) is 13.9 Å². The second-order valence-electron chi connectivity index (χ2n) is 9.10. The van der Waals surface area contributed by atoms with E-state index in [4.69, 9.17) is 0 Å². The van der Waals surface area contributed by atoms with Crippen molar-refractivity contribution in [3.05, 3.63) is 102 Å². The van der Waals surface area contributed by atoms with Crippen molar-refractivity contribution >= 4 is 27.5 Å². The van der Waals surface area contributed by atoms with Gasteiger partial charge in [0.15, 0.2) is 0 Å². The zero-order chi connectivity index (χ0) is 26.8. The van der Waals surface area contributed by atoms with Crippen molar-refractivity contribution in [1.29, 1.82) is 0 Å². The summed E-state index contributed by atoms with van der Waals surface area (Å²) in [6.45, 7) is 2.43. The first kappa shape index (κ1) is 27.9. The van der Waals surface area contributed by atoms with Crippen LogP contribution in [0.5, 0.6) is 0 Å². The summed E-state index contributed by atoms with van der Waals surface area (Å²) in [5.41, 5.74) is 3.50. The molecule has 0 fully saturated rings. The largest absolute Gasteiger partial charge is 0.357 e. The zero-order valence-corrected chi connectivity index (χ0v) is 22.4. The molecule has 0 radical (unpaired) electrons. The van der Waals surface area contributed by atoms with Crippen molar-refractivity contribution < 1.29 is 18.0 Å². The molecule has 0 aliphatic carbocycles. The highest BCUT2D eigenvalue weighted by Gasteiger charge is 2.30. The number of amides is 2. The van der Waals surface area contributed by atoms with Gasteiger partial charge < -0.3 is 10.2 Å². The van der Waals surface area contributed by atoms with Gasteiger partial charge in [0.05, 0.1) is 11.9 Å². The number of aryl methyl sites for hydroxylation is 1. The maximum Gasteiger partial charge on any atom is 0.242 e. The number of carbonyl (C=O) groups is 2. The van der Waals surface area contributed by atoms with E-state index < -0.39 is 16.1 Å². The van der Waals surface area contributed by atoms with Gasteiger partial charge in [-0.25, -0.2) is 8.42 Å². The average Bonchev–Trinajstić information content (AvgIpc) is 2.88. The lowest BCUT2D eigenvalue weighted by molar-refractivity contribution is -0.141. The fraction of sp³-hybridized carbons (Fsp3) is 0.310. The van der Waals surface area contributed by atoms with E-state index in [-0.39, 0.29) is 31.3 Å². The molecule has 3 aromatic rings. The highest BCUT2D eigenvalue weighted by molar-refractivity contribution is 7.92. The molecule has 0 aliphatic heterocycles. The van der Waals surface area contributed by atoms with Crippen molar-refractivity contribution in [2.24, 2.45) is 0 Å². The van der Waals surface area contributed by atoms with Crippen molar-refractivity contribution in [1.82, 2.24) is 10.2 Å². The molecule has 2 amide bonds. The molecule has 1 atom stereocenters. The van der Waals surface area contributed by atoms with Gasteiger partial charge in [0, 0.05) is 33.0 Å². The Bertz CT molecular complexity index is 1280. The van der Waals surface area contributed by atoms with E-state index in [1.54, 1.807) is 36.2 Å². The normalized spacial score (nSPS) is 12.0. The maximum absolute atomic E-state index is 13.6. The molecule has 0 unspecified atom stereocenters. The molecule has 7 nitrogen and oxygen atoms in total. The quantitative estimate of drug-likeness (QED) is 0.391. The second-order valence-corrected chi connectivity index (χ2v) is 11.0. The highest BCUT2D eigenvalue weighted by atomic mass is 32.2. The Morgan fingerprint density at radius 2 is 1.51 bits per heavy atom. The Morgan fingerprint density at radius 3 is 2.11 bits per heavy atom. The number of carbonyl (C=O) groups excluding carboxylic acids is 2. The van der Waals surface area contributed by atoms with Crippen molar-refractivity contribution in [3.63, 3.8) is 0 Å². The van der Waals surface area contributed by atoms with Crippen LogP contribution in [-0.4, -0.2) is 51.0 Å². The van der Waals surface area contributed by atoms with Crippen LogP contribution in [0.2, 0.25) is 0 Å². The molecule has 0 saturated carbocycles. The van der Waals surface area contributed by atoms with Crippen LogP contribution < -0.4 is 9.62 Å². The fourth-order valence-corrected chi connectivity index (χ4v) is 5.29. The van der Waals surface area contributed by atoms with E-state index >= 15 is 0 Å². The lowest BCUT2D eigenvalue weighted by Crippen LogP contribution is -2.49. The molecule has 3 rings (SSSR count). The fourth-order valence-electron chi connectivity index (χ4n) is 4.33. The Morgan fingerprint density at radius 1 is 0.892 bits per heavy atom. The number of benzene rings is 3. The van der Waals surface area contributed by atoms with E-state index in [2.05, 4.69) is 5.32 Å². The summed E-state index contributed by atoms with van der Waals surface area (Å²) in [7, 11) is -1.95. The number of hydrogen-bond acceptors (Lipinski definition) is 4. The molecule has 0 aromatic heterocycles. The molecule has 37 heavy (non-hydrogen) atoms. The minimum atomic E-state index is -3.52. The summed E-state index contributed by atoms with van der Waals surface area (Å²) < 4.78 is 26.2. The number of anilines is 1. The number of sulfonamides is 1. The Labute approximate surface area is 220 Å². The predicted octanol–water partition coefficient (Wildman–Crippen LogP) is 3.93. The Kier molecular flexibility index (Phi) is 9.85. The summed E-state index contributed by atoms with van der Waals surface area (Å²) in [4.78, 5) is 28.3. The van der Waals surface area contributed by atoms with E-state index in [9.17, 15) is 18.0 Å². The number of nitrogens with zero attached hydrogens (tertiary/aromatic N) is 2. The molecule has 0 saturated heterocycles. The van der Waals surface area contributed by atoms with Crippen LogP contribution in [0.4, 0.5) is 5.69 Å². The van der Waals surface area contributed by atoms with Crippen molar-refractivity contribution in [2.45, 2.75) is 38.8 Å². The van der Waals surface area contributed by atoms with Crippen LogP contribution in [-0.2, 0) is 32.6 Å². The first-order chi connectivity index (χ1) is 17.7. The minimum Gasteiger partial charge on any atom is -0.357 e. The van der Waals surface area contributed by atoms with Crippen molar-refractivity contribution in [3.8, 4) is 0 Å². The first-order valence-corrected chi connectivity index (χ1v) is 14.2. The standard InChI is InChI=1S/C29H35N3O4S/c1-23-12-10-15-25(20-23)22-31(27(29(34)30-2)21-24-13-6-4-7-14-24)28(33)18-11-19-32(37(3,35)36)26-16-8-5-9-17-26/h4-10,12-17,20,27H,11,18-19,21-22H2,1-3H3,(H,30,34)/t27-/m0/s1. The highest BCUT2D eigenvalue weighted by Crippen LogP contribution is 2.20. The molecule has 8 heteroatoms. The third-order valence-electron chi connectivity index (χ3n) is 6.15. The van der Waals surface area contributed by atoms with Gasteiger partial charge in [0.1, 0.15) is 6.04 Å². The molecular weight excluding hydrogens is 486 g/mol. The first-order valence-electron chi connectivity index (χ1n) is 12.3. The Balaban J connectivity index is 1.83. The van der Waals surface area contributed by atoms with Gasteiger partial charge >= 0.3 is 0 Å². The van der Waals surface area contributed by atoms with Gasteiger partial charge in [-0.1, -0.05) is 78.4 Å². The van der Waals surface area contributed by atoms with Crippen LogP contribution in [0.25, 0.3) is 0 Å².